The number of rotatable bonds is 5. The van der Waals surface area contributed by atoms with Crippen LogP contribution in [0.3, 0.4) is 0 Å². The summed E-state index contributed by atoms with van der Waals surface area (Å²) in [7, 11) is 0. The zero-order valence-electron chi connectivity index (χ0n) is 16.1. The van der Waals surface area contributed by atoms with Crippen LogP contribution in [0.5, 0.6) is 0 Å². The molecule has 0 saturated carbocycles. The molecule has 3 rings (SSSR count). The lowest BCUT2D eigenvalue weighted by atomic mass is 10.1. The van der Waals surface area contributed by atoms with Gasteiger partial charge in [-0.1, -0.05) is 12.1 Å². The SMILES string of the molecule is CC(O)c1ccc(N/C(N)=N/C(=C(\N)c2ccncc2F)c2ccccc2F)cn1. The number of hydrogen-bond donors (Lipinski definition) is 4. The molecule has 2 aromatic heterocycles. The van der Waals surface area contributed by atoms with E-state index in [4.69, 9.17) is 11.5 Å². The number of aliphatic hydroxyl groups excluding tert-OH is 1. The van der Waals surface area contributed by atoms with Crippen LogP contribution in [0, 0.1) is 11.6 Å². The molecule has 30 heavy (non-hydrogen) atoms. The molecule has 154 valence electrons. The fourth-order valence-electron chi connectivity index (χ4n) is 2.66. The Balaban J connectivity index is 2.03. The van der Waals surface area contributed by atoms with Crippen molar-refractivity contribution in [3.8, 4) is 0 Å². The van der Waals surface area contributed by atoms with Gasteiger partial charge in [0.1, 0.15) is 11.5 Å². The molecular weight excluding hydrogens is 390 g/mol. The summed E-state index contributed by atoms with van der Waals surface area (Å²) < 4.78 is 28.7. The van der Waals surface area contributed by atoms with Crippen LogP contribution < -0.4 is 16.8 Å². The Hall–Kier alpha value is -3.85. The summed E-state index contributed by atoms with van der Waals surface area (Å²) in [6, 6.07) is 10.5. The first-order valence-corrected chi connectivity index (χ1v) is 8.96. The number of nitrogens with one attached hydrogen (secondary N) is 1. The van der Waals surface area contributed by atoms with Gasteiger partial charge in [0.2, 0.25) is 0 Å². The fraction of sp³-hybridized carbons (Fsp3) is 0.0952. The Morgan fingerprint density at radius 1 is 1.03 bits per heavy atom. The number of anilines is 1. The van der Waals surface area contributed by atoms with E-state index < -0.39 is 17.7 Å². The highest BCUT2D eigenvalue weighted by Gasteiger charge is 2.16. The fourth-order valence-corrected chi connectivity index (χ4v) is 2.66. The average molecular weight is 410 g/mol. The summed E-state index contributed by atoms with van der Waals surface area (Å²) in [5.74, 6) is -1.38. The van der Waals surface area contributed by atoms with Crippen LogP contribution in [0.2, 0.25) is 0 Å². The van der Waals surface area contributed by atoms with E-state index in [0.29, 0.717) is 11.4 Å². The van der Waals surface area contributed by atoms with Crippen molar-refractivity contribution in [2.24, 2.45) is 16.5 Å². The Kier molecular flexibility index (Phi) is 6.33. The number of aliphatic imine (C=N–C) groups is 1. The Labute approximate surface area is 171 Å². The lowest BCUT2D eigenvalue weighted by molar-refractivity contribution is 0.194. The molecule has 0 amide bonds. The van der Waals surface area contributed by atoms with E-state index in [1.165, 1.54) is 36.7 Å². The Morgan fingerprint density at radius 3 is 2.43 bits per heavy atom. The number of hydrogen-bond acceptors (Lipinski definition) is 5. The summed E-state index contributed by atoms with van der Waals surface area (Å²) in [6.07, 6.45) is 3.12. The lowest BCUT2D eigenvalue weighted by Crippen LogP contribution is -2.23. The second-order valence-corrected chi connectivity index (χ2v) is 6.37. The highest BCUT2D eigenvalue weighted by Crippen LogP contribution is 2.27. The van der Waals surface area contributed by atoms with Gasteiger partial charge in [0, 0.05) is 17.3 Å². The summed E-state index contributed by atoms with van der Waals surface area (Å²) in [5, 5.41) is 12.4. The molecule has 0 radical (unpaired) electrons. The van der Waals surface area contributed by atoms with Crippen LogP contribution in [0.4, 0.5) is 14.5 Å². The first-order chi connectivity index (χ1) is 14.4. The minimum atomic E-state index is -0.712. The molecule has 1 atom stereocenters. The van der Waals surface area contributed by atoms with Crippen molar-refractivity contribution in [1.82, 2.24) is 9.97 Å². The highest BCUT2D eigenvalue weighted by atomic mass is 19.1. The molecule has 0 spiro atoms. The molecule has 9 heteroatoms. The van der Waals surface area contributed by atoms with Crippen molar-refractivity contribution in [3.63, 3.8) is 0 Å². The number of halogens is 2. The van der Waals surface area contributed by atoms with E-state index in [1.807, 2.05) is 0 Å². The van der Waals surface area contributed by atoms with Gasteiger partial charge in [0.25, 0.3) is 0 Å². The van der Waals surface area contributed by atoms with Crippen LogP contribution in [0.1, 0.15) is 29.8 Å². The number of benzene rings is 1. The van der Waals surface area contributed by atoms with Crippen LogP contribution in [0.25, 0.3) is 11.4 Å². The smallest absolute Gasteiger partial charge is 0.198 e. The van der Waals surface area contributed by atoms with Gasteiger partial charge in [-0.3, -0.25) is 9.97 Å². The summed E-state index contributed by atoms with van der Waals surface area (Å²) in [5.41, 5.74) is 13.0. The largest absolute Gasteiger partial charge is 0.396 e. The normalized spacial score (nSPS) is 13.5. The van der Waals surface area contributed by atoms with E-state index in [0.717, 1.165) is 6.20 Å². The van der Waals surface area contributed by atoms with E-state index in [-0.39, 0.29) is 28.5 Å². The van der Waals surface area contributed by atoms with Gasteiger partial charge in [-0.05, 0) is 37.3 Å². The van der Waals surface area contributed by atoms with Gasteiger partial charge in [0.15, 0.2) is 11.8 Å². The van der Waals surface area contributed by atoms with E-state index in [2.05, 4.69) is 20.3 Å². The molecular formula is C21H20F2N6O. The number of guanidine groups is 1. The quantitative estimate of drug-likeness (QED) is 0.379. The molecule has 6 N–H and O–H groups in total. The van der Waals surface area contributed by atoms with Crippen molar-refractivity contribution >= 4 is 23.0 Å². The van der Waals surface area contributed by atoms with Crippen LogP contribution in [-0.4, -0.2) is 21.0 Å². The lowest BCUT2D eigenvalue weighted by Gasteiger charge is -2.12. The second-order valence-electron chi connectivity index (χ2n) is 6.37. The predicted octanol–water partition coefficient (Wildman–Crippen LogP) is 3.02. The number of nitrogens with two attached hydrogens (primary N) is 2. The van der Waals surface area contributed by atoms with Crippen LogP contribution >= 0.6 is 0 Å². The van der Waals surface area contributed by atoms with E-state index in [1.54, 1.807) is 25.1 Å². The van der Waals surface area contributed by atoms with Crippen molar-refractivity contribution in [3.05, 3.63) is 89.5 Å². The predicted molar refractivity (Wildman–Crippen MR) is 112 cm³/mol. The first-order valence-electron chi connectivity index (χ1n) is 8.96. The minimum Gasteiger partial charge on any atom is -0.396 e. The Bertz CT molecular complexity index is 1100. The zero-order valence-corrected chi connectivity index (χ0v) is 16.1. The van der Waals surface area contributed by atoms with Crippen molar-refractivity contribution in [1.29, 1.82) is 0 Å². The molecule has 1 unspecified atom stereocenters. The monoisotopic (exact) mass is 410 g/mol. The maximum Gasteiger partial charge on any atom is 0.198 e. The zero-order chi connectivity index (χ0) is 21.7. The molecule has 0 fully saturated rings. The molecule has 0 bridgehead atoms. The number of nitrogens with zero attached hydrogens (tertiary/aromatic N) is 3. The number of pyridine rings is 2. The third kappa shape index (κ3) is 4.76. The van der Waals surface area contributed by atoms with Gasteiger partial charge in [-0.15, -0.1) is 0 Å². The standard InChI is InChI=1S/C21H20F2N6O/c1-12(30)18-7-6-13(10-27-18)28-21(25)29-20(15-4-2-3-5-16(15)22)19(24)14-8-9-26-11-17(14)23/h2-12,30H,24H2,1H3,(H3,25,28,29)/b20-19-. The molecule has 1 aromatic carbocycles. The van der Waals surface area contributed by atoms with Crippen molar-refractivity contribution < 1.29 is 13.9 Å². The molecule has 0 aliphatic carbocycles. The first kappa shape index (κ1) is 20.9. The number of aliphatic hydroxyl groups is 1. The molecule has 2 heterocycles. The maximum absolute atomic E-state index is 14.5. The molecule has 0 saturated heterocycles. The number of aromatic nitrogens is 2. The second kappa shape index (κ2) is 9.10. The Morgan fingerprint density at radius 2 is 1.80 bits per heavy atom. The highest BCUT2D eigenvalue weighted by molar-refractivity contribution is 6.00. The summed E-state index contributed by atoms with van der Waals surface area (Å²) in [6.45, 7) is 1.59. The van der Waals surface area contributed by atoms with Crippen molar-refractivity contribution in [2.45, 2.75) is 13.0 Å². The topological polar surface area (TPSA) is 122 Å². The van der Waals surface area contributed by atoms with Crippen molar-refractivity contribution in [2.75, 3.05) is 5.32 Å². The van der Waals surface area contributed by atoms with Crippen LogP contribution in [0.15, 0.2) is 66.0 Å². The minimum absolute atomic E-state index is 0.0164. The third-order valence-electron chi connectivity index (χ3n) is 4.17. The van der Waals surface area contributed by atoms with Gasteiger partial charge in [-0.2, -0.15) is 0 Å². The molecule has 7 nitrogen and oxygen atoms in total. The maximum atomic E-state index is 14.5. The summed E-state index contributed by atoms with van der Waals surface area (Å²) >= 11 is 0. The van der Waals surface area contributed by atoms with E-state index >= 15 is 0 Å². The van der Waals surface area contributed by atoms with Gasteiger partial charge >= 0.3 is 0 Å². The van der Waals surface area contributed by atoms with Gasteiger partial charge in [-0.25, -0.2) is 13.8 Å². The van der Waals surface area contributed by atoms with E-state index in [9.17, 15) is 13.9 Å². The van der Waals surface area contributed by atoms with Crippen LogP contribution in [-0.2, 0) is 0 Å². The third-order valence-corrected chi connectivity index (χ3v) is 4.17. The van der Waals surface area contributed by atoms with Gasteiger partial charge < -0.3 is 21.9 Å². The molecule has 3 aromatic rings. The summed E-state index contributed by atoms with van der Waals surface area (Å²) in [4.78, 5) is 12.0. The molecule has 0 aliphatic rings. The van der Waals surface area contributed by atoms with Gasteiger partial charge in [0.05, 0.1) is 35.6 Å². The molecule has 0 aliphatic heterocycles. The average Bonchev–Trinajstić information content (AvgIpc) is 2.73.